The predicted molar refractivity (Wildman–Crippen MR) is 125 cm³/mol. The Morgan fingerprint density at radius 1 is 1.13 bits per heavy atom. The van der Waals surface area contributed by atoms with Crippen molar-refractivity contribution in [2.75, 3.05) is 11.1 Å². The molecule has 4 rings (SSSR count). The van der Waals surface area contributed by atoms with Crippen LogP contribution in [0.1, 0.15) is 11.4 Å². The van der Waals surface area contributed by atoms with Gasteiger partial charge in [0.15, 0.2) is 0 Å². The monoisotopic (exact) mass is 450 g/mol. The van der Waals surface area contributed by atoms with Crippen LogP contribution in [0.4, 0.5) is 11.4 Å². The summed E-state index contributed by atoms with van der Waals surface area (Å²) in [6.45, 7) is 3.62. The van der Waals surface area contributed by atoms with Crippen LogP contribution in [-0.4, -0.2) is 26.6 Å². The first-order chi connectivity index (χ1) is 14.9. The Kier molecular flexibility index (Phi) is 5.97. The van der Waals surface area contributed by atoms with Gasteiger partial charge in [-0.2, -0.15) is 0 Å². The summed E-state index contributed by atoms with van der Waals surface area (Å²) in [6.07, 6.45) is 0. The van der Waals surface area contributed by atoms with Gasteiger partial charge in [0.1, 0.15) is 15.7 Å². The number of aromatic nitrogens is 2. The number of thiophene rings is 1. The number of carbonyl (C=O) groups is 1. The average molecular weight is 451 g/mol. The zero-order valence-corrected chi connectivity index (χ0v) is 18.4. The number of anilines is 1. The molecule has 1 N–H and O–H groups in total. The number of thioether (sulfide) groups is 1. The molecule has 0 bridgehead atoms. The standard InChI is InChI=1S/C22H18N4O3S2/c1-13-8-9-16(26(28)29)10-18(13)25-20(27)12-30-21-17-11-19(15-6-4-3-5-7-15)31-22(17)24-14(2)23-21/h3-11H,12H2,1-2H3,(H,25,27). The van der Waals surface area contributed by atoms with E-state index in [0.29, 0.717) is 11.5 Å². The van der Waals surface area contributed by atoms with E-state index in [4.69, 9.17) is 0 Å². The van der Waals surface area contributed by atoms with Gasteiger partial charge in [-0.05, 0) is 31.0 Å². The molecule has 0 aliphatic rings. The second-order valence-electron chi connectivity index (χ2n) is 6.86. The summed E-state index contributed by atoms with van der Waals surface area (Å²) >= 11 is 2.92. The lowest BCUT2D eigenvalue weighted by Crippen LogP contribution is -2.15. The number of nitro benzene ring substituents is 1. The molecule has 0 fully saturated rings. The smallest absolute Gasteiger partial charge is 0.271 e. The highest BCUT2D eigenvalue weighted by Crippen LogP contribution is 2.36. The molecule has 4 aromatic rings. The Hall–Kier alpha value is -3.30. The lowest BCUT2D eigenvalue weighted by molar-refractivity contribution is -0.384. The van der Waals surface area contributed by atoms with Crippen molar-refractivity contribution in [1.82, 2.24) is 9.97 Å². The molecule has 0 aliphatic carbocycles. The summed E-state index contributed by atoms with van der Waals surface area (Å²) in [5, 5.41) is 15.4. The molecule has 0 radical (unpaired) electrons. The molecular formula is C22H18N4O3S2. The lowest BCUT2D eigenvalue weighted by atomic mass is 10.2. The van der Waals surface area contributed by atoms with Crippen molar-refractivity contribution < 1.29 is 9.72 Å². The van der Waals surface area contributed by atoms with E-state index in [9.17, 15) is 14.9 Å². The van der Waals surface area contributed by atoms with Crippen LogP contribution >= 0.6 is 23.1 Å². The number of non-ortho nitro benzene ring substituents is 1. The summed E-state index contributed by atoms with van der Waals surface area (Å²) in [7, 11) is 0. The highest BCUT2D eigenvalue weighted by Gasteiger charge is 2.15. The number of carbonyl (C=O) groups excluding carboxylic acids is 1. The number of nitrogens with zero attached hydrogens (tertiary/aromatic N) is 3. The molecule has 0 saturated carbocycles. The molecule has 31 heavy (non-hydrogen) atoms. The summed E-state index contributed by atoms with van der Waals surface area (Å²) in [5.41, 5.74) is 2.24. The summed E-state index contributed by atoms with van der Waals surface area (Å²) in [6, 6.07) is 16.5. The number of nitrogens with one attached hydrogen (secondary N) is 1. The van der Waals surface area contributed by atoms with E-state index < -0.39 is 4.92 Å². The van der Waals surface area contributed by atoms with Crippen molar-refractivity contribution in [1.29, 1.82) is 0 Å². The topological polar surface area (TPSA) is 98.0 Å². The maximum absolute atomic E-state index is 12.5. The molecule has 1 amide bonds. The molecule has 0 saturated heterocycles. The first kappa shape index (κ1) is 21.0. The van der Waals surface area contributed by atoms with Gasteiger partial charge >= 0.3 is 0 Å². The van der Waals surface area contributed by atoms with Crippen molar-refractivity contribution in [3.8, 4) is 10.4 Å². The van der Waals surface area contributed by atoms with E-state index in [2.05, 4.69) is 21.4 Å². The first-order valence-corrected chi connectivity index (χ1v) is 11.2. The molecule has 0 aliphatic heterocycles. The summed E-state index contributed by atoms with van der Waals surface area (Å²) < 4.78 is 0. The van der Waals surface area contributed by atoms with Crippen LogP contribution in [0.5, 0.6) is 0 Å². The van der Waals surface area contributed by atoms with Gasteiger partial charge in [-0.3, -0.25) is 14.9 Å². The van der Waals surface area contributed by atoms with E-state index in [1.165, 1.54) is 23.9 Å². The van der Waals surface area contributed by atoms with Gasteiger partial charge in [0, 0.05) is 22.4 Å². The van der Waals surface area contributed by atoms with Crippen molar-refractivity contribution >= 4 is 50.6 Å². The SMILES string of the molecule is Cc1nc(SCC(=O)Nc2cc([N+](=O)[O-])ccc2C)c2cc(-c3ccccc3)sc2n1. The second kappa shape index (κ2) is 8.83. The maximum atomic E-state index is 12.5. The summed E-state index contributed by atoms with van der Waals surface area (Å²) in [4.78, 5) is 34.1. The van der Waals surface area contributed by atoms with Crippen LogP contribution in [0.15, 0.2) is 59.6 Å². The zero-order chi connectivity index (χ0) is 22.0. The lowest BCUT2D eigenvalue weighted by Gasteiger charge is -2.08. The average Bonchev–Trinajstić information content (AvgIpc) is 3.18. The highest BCUT2D eigenvalue weighted by atomic mass is 32.2. The third-order valence-corrected chi connectivity index (χ3v) is 6.64. The Labute approximate surface area is 186 Å². The first-order valence-electron chi connectivity index (χ1n) is 9.42. The van der Waals surface area contributed by atoms with Gasteiger partial charge in [0.25, 0.3) is 5.69 Å². The fourth-order valence-electron chi connectivity index (χ4n) is 3.03. The van der Waals surface area contributed by atoms with E-state index in [0.717, 1.165) is 31.2 Å². The Morgan fingerprint density at radius 2 is 1.90 bits per heavy atom. The van der Waals surface area contributed by atoms with E-state index >= 15 is 0 Å². The highest BCUT2D eigenvalue weighted by molar-refractivity contribution is 8.00. The van der Waals surface area contributed by atoms with Crippen LogP contribution in [0.3, 0.4) is 0 Å². The minimum absolute atomic E-state index is 0.0617. The largest absolute Gasteiger partial charge is 0.325 e. The molecule has 0 spiro atoms. The van der Waals surface area contributed by atoms with Gasteiger partial charge in [-0.1, -0.05) is 48.2 Å². The van der Waals surface area contributed by atoms with Crippen molar-refractivity contribution in [2.45, 2.75) is 18.9 Å². The van der Waals surface area contributed by atoms with Gasteiger partial charge < -0.3 is 5.32 Å². The van der Waals surface area contributed by atoms with Crippen molar-refractivity contribution in [3.63, 3.8) is 0 Å². The molecule has 7 nitrogen and oxygen atoms in total. The van der Waals surface area contributed by atoms with Crippen LogP contribution in [0.2, 0.25) is 0 Å². The number of nitro groups is 1. The zero-order valence-electron chi connectivity index (χ0n) is 16.8. The maximum Gasteiger partial charge on any atom is 0.271 e. The number of benzene rings is 2. The Bertz CT molecular complexity index is 1290. The normalized spacial score (nSPS) is 10.9. The van der Waals surface area contributed by atoms with Crippen LogP contribution in [0, 0.1) is 24.0 Å². The molecule has 0 atom stereocenters. The minimum atomic E-state index is -0.481. The number of hydrogen-bond donors (Lipinski definition) is 1. The number of rotatable bonds is 6. The molecule has 2 heterocycles. The van der Waals surface area contributed by atoms with Gasteiger partial charge in [-0.25, -0.2) is 9.97 Å². The van der Waals surface area contributed by atoms with Crippen molar-refractivity contribution in [2.24, 2.45) is 0 Å². The fraction of sp³-hybridized carbons (Fsp3) is 0.136. The Morgan fingerprint density at radius 3 is 2.65 bits per heavy atom. The van der Waals surface area contributed by atoms with Gasteiger partial charge in [0.05, 0.1) is 16.4 Å². The van der Waals surface area contributed by atoms with E-state index in [-0.39, 0.29) is 17.3 Å². The molecule has 156 valence electrons. The third kappa shape index (κ3) is 4.73. The van der Waals surface area contributed by atoms with E-state index in [1.807, 2.05) is 37.3 Å². The number of fused-ring (bicyclic) bond motifs is 1. The van der Waals surface area contributed by atoms with Gasteiger partial charge in [-0.15, -0.1) is 11.3 Å². The third-order valence-electron chi connectivity index (χ3n) is 4.57. The van der Waals surface area contributed by atoms with Gasteiger partial charge in [0.2, 0.25) is 5.91 Å². The number of hydrogen-bond acceptors (Lipinski definition) is 7. The Balaban J connectivity index is 1.54. The molecule has 0 unspecified atom stereocenters. The fourth-order valence-corrected chi connectivity index (χ4v) is 5.02. The second-order valence-corrected chi connectivity index (χ2v) is 8.86. The van der Waals surface area contributed by atoms with Crippen LogP contribution in [0.25, 0.3) is 20.7 Å². The van der Waals surface area contributed by atoms with E-state index in [1.54, 1.807) is 24.3 Å². The van der Waals surface area contributed by atoms with Crippen LogP contribution in [-0.2, 0) is 4.79 Å². The predicted octanol–water partition coefficient (Wildman–Crippen LogP) is 5.61. The molecular weight excluding hydrogens is 432 g/mol. The molecule has 2 aromatic heterocycles. The minimum Gasteiger partial charge on any atom is -0.325 e. The van der Waals surface area contributed by atoms with Crippen LogP contribution < -0.4 is 5.32 Å². The number of aryl methyl sites for hydroxylation is 2. The quantitative estimate of drug-likeness (QED) is 0.177. The molecule has 2 aromatic carbocycles. The van der Waals surface area contributed by atoms with Crippen molar-refractivity contribution in [3.05, 3.63) is 76.1 Å². The number of amides is 1. The summed E-state index contributed by atoms with van der Waals surface area (Å²) in [5.74, 6) is 0.521. The molecule has 9 heteroatoms.